The number of ketones is 5. The molecule has 1 fully saturated rings. The van der Waals surface area contributed by atoms with Gasteiger partial charge in [0.15, 0.2) is 11.7 Å². The van der Waals surface area contributed by atoms with Gasteiger partial charge < -0.3 is 48.7 Å². The number of benzene rings is 1. The third kappa shape index (κ3) is 19.5. The fourth-order valence-electron chi connectivity index (χ4n) is 6.60. The topological polar surface area (TPSA) is 333 Å². The van der Waals surface area contributed by atoms with Crippen molar-refractivity contribution in [1.29, 1.82) is 0 Å². The van der Waals surface area contributed by atoms with E-state index in [1.807, 2.05) is 0 Å². The first-order valence-corrected chi connectivity index (χ1v) is 21.5. The molecule has 1 saturated heterocycles. The van der Waals surface area contributed by atoms with Crippen molar-refractivity contribution < 1.29 is 54.8 Å². The van der Waals surface area contributed by atoms with Crippen molar-refractivity contribution in [2.45, 2.75) is 109 Å². The molecular formula is C41H64N8O11S. The summed E-state index contributed by atoms with van der Waals surface area (Å²) < 4.78 is 0. The van der Waals surface area contributed by atoms with Crippen LogP contribution in [-0.4, -0.2) is 130 Å². The molecule has 0 aliphatic carbocycles. The highest BCUT2D eigenvalue weighted by atomic mass is 32.2. The van der Waals surface area contributed by atoms with Crippen molar-refractivity contribution in [3.63, 3.8) is 0 Å². The van der Waals surface area contributed by atoms with Crippen LogP contribution >= 0.6 is 11.8 Å². The summed E-state index contributed by atoms with van der Waals surface area (Å²) in [5.41, 5.74) is 17.0. The molecule has 1 aliphatic rings. The van der Waals surface area contributed by atoms with Gasteiger partial charge in [0, 0.05) is 64.1 Å². The maximum absolute atomic E-state index is 14.0. The Morgan fingerprint density at radius 2 is 1.62 bits per heavy atom. The fraction of sp³-hybridized carbons (Fsp3) is 0.610. The molecule has 20 heteroatoms. The Kier molecular flexibility index (Phi) is 23.1. The Morgan fingerprint density at radius 1 is 0.951 bits per heavy atom. The highest BCUT2D eigenvalue weighted by Gasteiger charge is 2.35. The lowest BCUT2D eigenvalue weighted by Crippen LogP contribution is -2.57. The minimum Gasteiger partial charge on any atom is -0.393 e. The number of amides is 4. The van der Waals surface area contributed by atoms with Crippen LogP contribution in [0.15, 0.2) is 35.3 Å². The lowest BCUT2D eigenvalue weighted by molar-refractivity contribution is -0.136. The number of aliphatic hydroxyl groups excluding tert-OH is 2. The van der Waals surface area contributed by atoms with E-state index in [1.54, 1.807) is 30.3 Å². The number of aliphatic hydroxyl groups is 2. The second kappa shape index (κ2) is 27.0. The average molecular weight is 879 g/mol. The maximum Gasteiger partial charge on any atom is 0.244 e. The number of carbonyl (C=O) groups excluding carboxylic acids is 9. The SMILES string of the molecule is CC(=O)[C@@H](CC(=O)[C@@H]1CCSC[C@H](NC(=O)CCC(=O)CN)C(=O)N[C@@H](CCCN=C(N)N)C(=O)N[C@@H](Cc2ccccc2)C(=O)NCC(=O)C[C@@H]([C@@H](C)O)C(=O)C1)[C@@H](C)O.[3HH]. The monoisotopic (exact) mass is 878 g/mol. The van der Waals surface area contributed by atoms with Crippen LogP contribution in [0.5, 0.6) is 0 Å². The first-order chi connectivity index (χ1) is 28.8. The van der Waals surface area contributed by atoms with Crippen LogP contribution in [0.1, 0.15) is 79.1 Å². The number of nitrogens with one attached hydrogen (secondary N) is 4. The molecule has 61 heavy (non-hydrogen) atoms. The minimum absolute atomic E-state index is 0. The zero-order valence-electron chi connectivity index (χ0n) is 35.1. The molecule has 0 saturated carbocycles. The zero-order valence-corrected chi connectivity index (χ0v) is 35.9. The molecule has 4 amide bonds. The summed E-state index contributed by atoms with van der Waals surface area (Å²) in [6.45, 7) is 3.17. The van der Waals surface area contributed by atoms with E-state index in [-0.39, 0.29) is 82.7 Å². The molecule has 19 nitrogen and oxygen atoms in total. The van der Waals surface area contributed by atoms with Crippen molar-refractivity contribution in [1.82, 2.24) is 21.3 Å². The molecule has 0 bridgehead atoms. The molecule has 1 aromatic carbocycles. The first kappa shape index (κ1) is 52.1. The van der Waals surface area contributed by atoms with Gasteiger partial charge in [-0.15, -0.1) is 0 Å². The first-order valence-electron chi connectivity index (χ1n) is 20.3. The van der Waals surface area contributed by atoms with E-state index in [0.717, 1.165) is 11.8 Å². The largest absolute Gasteiger partial charge is 0.393 e. The maximum atomic E-state index is 14.0. The Hall–Kier alpha value is -5.05. The Bertz CT molecular complexity index is 1730. The van der Waals surface area contributed by atoms with E-state index in [9.17, 15) is 53.4 Å². The molecule has 1 aliphatic heterocycles. The molecule has 2 rings (SSSR count). The summed E-state index contributed by atoms with van der Waals surface area (Å²) >= 11 is 1.13. The van der Waals surface area contributed by atoms with E-state index >= 15 is 0 Å². The van der Waals surface area contributed by atoms with Crippen LogP contribution < -0.4 is 38.5 Å². The summed E-state index contributed by atoms with van der Waals surface area (Å²) in [6.07, 6.45) is -4.04. The van der Waals surface area contributed by atoms with E-state index in [4.69, 9.17) is 17.2 Å². The Labute approximate surface area is 361 Å². The van der Waals surface area contributed by atoms with Crippen LogP contribution in [0.2, 0.25) is 0 Å². The van der Waals surface area contributed by atoms with Gasteiger partial charge in [-0.25, -0.2) is 0 Å². The van der Waals surface area contributed by atoms with E-state index in [0.29, 0.717) is 5.56 Å². The van der Waals surface area contributed by atoms with Gasteiger partial charge in [0.05, 0.1) is 31.2 Å². The van der Waals surface area contributed by atoms with Crippen LogP contribution in [0.4, 0.5) is 0 Å². The minimum atomic E-state index is -1.32. The third-order valence-electron chi connectivity index (χ3n) is 10.2. The number of hydrogen-bond acceptors (Lipinski definition) is 14. The molecule has 0 radical (unpaired) electrons. The van der Waals surface area contributed by atoms with Crippen LogP contribution in [0, 0.1) is 17.8 Å². The van der Waals surface area contributed by atoms with Crippen LogP contribution in [-0.2, 0) is 49.6 Å². The average Bonchev–Trinajstić information content (AvgIpc) is 3.20. The molecule has 0 aromatic heterocycles. The quantitative estimate of drug-likeness (QED) is 0.0495. The van der Waals surface area contributed by atoms with Gasteiger partial charge >= 0.3 is 0 Å². The molecular weight excluding hydrogens is 813 g/mol. The highest BCUT2D eigenvalue weighted by molar-refractivity contribution is 7.99. The number of rotatable bonds is 17. The predicted octanol–water partition coefficient (Wildman–Crippen LogP) is -1.38. The molecule has 12 N–H and O–H groups in total. The van der Waals surface area contributed by atoms with Crippen molar-refractivity contribution in [3.05, 3.63) is 35.9 Å². The van der Waals surface area contributed by atoms with Gasteiger partial charge in [0.2, 0.25) is 23.6 Å². The van der Waals surface area contributed by atoms with Gasteiger partial charge in [-0.3, -0.25) is 48.1 Å². The summed E-state index contributed by atoms with van der Waals surface area (Å²) in [5.74, 6) is -9.01. The fourth-order valence-corrected chi connectivity index (χ4v) is 7.68. The van der Waals surface area contributed by atoms with Gasteiger partial charge in [-0.2, -0.15) is 11.8 Å². The Balaban J connectivity index is 0.0000192. The van der Waals surface area contributed by atoms with Crippen LogP contribution in [0.3, 0.4) is 0 Å². The van der Waals surface area contributed by atoms with Gasteiger partial charge in [0.1, 0.15) is 41.3 Å². The molecule has 0 spiro atoms. The highest BCUT2D eigenvalue weighted by Crippen LogP contribution is 2.25. The standard InChI is InChI=1S/C41H62N8O11S.H2/c1-23(50)30(24(2)51)19-35(55)27-13-15-61-22-34(47-37(57)12-11-28(53)20-42)40(60)48-32(10-7-14-45-41(43)44)39(59)49-33(16-26-8-5-4-6-9-26)38(58)46-21-29(54)18-31(25(3)52)36(56)17-27;/h4-6,8-9,23,25,27,30-34,50,52H,7,10-22,42H2,1-3H3,(H,46,58)(H,47,57)(H,48,60)(H,49,59)(H4,43,44,45);1H/t23-,25-,27-,30+,31+,32+,33+,34+;/m1./s1/i;1+2. The summed E-state index contributed by atoms with van der Waals surface area (Å²) in [7, 11) is 0. The zero-order chi connectivity index (χ0) is 45.6. The number of aliphatic imine (C=N–C) groups is 1. The van der Waals surface area contributed by atoms with Crippen molar-refractivity contribution in [3.8, 4) is 0 Å². The lowest BCUT2D eigenvalue weighted by atomic mass is 9.82. The van der Waals surface area contributed by atoms with Crippen molar-refractivity contribution >= 4 is 70.3 Å². The van der Waals surface area contributed by atoms with Crippen molar-refractivity contribution in [2.75, 3.05) is 31.1 Å². The number of thioether (sulfide) groups is 1. The van der Waals surface area contributed by atoms with Gasteiger partial charge in [-0.1, -0.05) is 30.3 Å². The summed E-state index contributed by atoms with van der Waals surface area (Å²) in [5, 5.41) is 31.3. The van der Waals surface area contributed by atoms with E-state index in [2.05, 4.69) is 26.3 Å². The number of nitrogens with zero attached hydrogens (tertiary/aromatic N) is 1. The van der Waals surface area contributed by atoms with E-state index in [1.165, 1.54) is 20.8 Å². The summed E-state index contributed by atoms with van der Waals surface area (Å²) in [6, 6.07) is 4.84. The number of carbonyl (C=O) groups is 9. The number of Topliss-reactive ketones (excluding diaryl/α,β-unsaturated/α-hetero) is 5. The molecule has 8 atom stereocenters. The molecule has 1 heterocycles. The normalized spacial score (nSPS) is 22.9. The Morgan fingerprint density at radius 3 is 2.23 bits per heavy atom. The predicted molar refractivity (Wildman–Crippen MR) is 230 cm³/mol. The van der Waals surface area contributed by atoms with Crippen LogP contribution in [0.25, 0.3) is 0 Å². The second-order valence-corrected chi connectivity index (χ2v) is 16.4. The third-order valence-corrected chi connectivity index (χ3v) is 11.3. The second-order valence-electron chi connectivity index (χ2n) is 15.3. The summed E-state index contributed by atoms with van der Waals surface area (Å²) in [4.78, 5) is 123. The molecule has 0 unspecified atom stereocenters. The molecule has 340 valence electrons. The number of nitrogens with two attached hydrogens (primary N) is 3. The van der Waals surface area contributed by atoms with Crippen molar-refractivity contribution in [2.24, 2.45) is 39.9 Å². The van der Waals surface area contributed by atoms with Gasteiger partial charge in [0.25, 0.3) is 0 Å². The number of hydrogen-bond donors (Lipinski definition) is 9. The van der Waals surface area contributed by atoms with Gasteiger partial charge in [-0.05, 0) is 51.3 Å². The number of guanidine groups is 1. The molecule has 1 aromatic rings. The van der Waals surface area contributed by atoms with E-state index < -0.39 is 114 Å². The lowest BCUT2D eigenvalue weighted by Gasteiger charge is -2.26. The smallest absolute Gasteiger partial charge is 0.244 e.